The monoisotopic (exact) mass is 306 g/mol. The van der Waals surface area contributed by atoms with Crippen LogP contribution in [0, 0.1) is 0 Å². The molecule has 0 aliphatic heterocycles. The number of nitrogens with zero attached hydrogens (tertiary/aromatic N) is 1. The van der Waals surface area contributed by atoms with Crippen molar-refractivity contribution in [3.63, 3.8) is 0 Å². The zero-order valence-corrected chi connectivity index (χ0v) is 10.8. The van der Waals surface area contributed by atoms with Gasteiger partial charge < -0.3 is 4.98 Å². The summed E-state index contributed by atoms with van der Waals surface area (Å²) in [6.07, 6.45) is -4.40. The van der Waals surface area contributed by atoms with Crippen LogP contribution in [0.4, 0.5) is 13.2 Å². The minimum Gasteiger partial charge on any atom is -0.342 e. The van der Waals surface area contributed by atoms with Crippen LogP contribution in [-0.4, -0.2) is 9.97 Å². The largest absolute Gasteiger partial charge is 0.418 e. The molecular weight excluding hydrogens is 297 g/mol. The Balaban J connectivity index is 2.75. The fourth-order valence-electron chi connectivity index (χ4n) is 1.59. The number of nitrogens with one attached hydrogen (secondary N) is 1. The number of halogens is 4. The average molecular weight is 307 g/mol. The van der Waals surface area contributed by atoms with E-state index in [0.717, 1.165) is 6.07 Å². The van der Waals surface area contributed by atoms with Crippen molar-refractivity contribution in [1.29, 1.82) is 0 Å². The molecule has 0 bridgehead atoms. The molecule has 0 fully saturated rings. The van der Waals surface area contributed by atoms with Crippen LogP contribution in [0.1, 0.15) is 31.2 Å². The summed E-state index contributed by atoms with van der Waals surface area (Å²) >= 11 is 3.07. The first kappa shape index (κ1) is 12.4. The average Bonchev–Trinajstić information content (AvgIpc) is 2.58. The van der Waals surface area contributed by atoms with Gasteiger partial charge in [-0.25, -0.2) is 4.98 Å². The normalized spacial score (nSPS) is 12.6. The van der Waals surface area contributed by atoms with Crippen LogP contribution in [0.2, 0.25) is 0 Å². The first-order valence-electron chi connectivity index (χ1n) is 5.05. The summed E-state index contributed by atoms with van der Waals surface area (Å²) < 4.78 is 38.9. The Morgan fingerprint density at radius 2 is 1.94 bits per heavy atom. The zero-order chi connectivity index (χ0) is 12.8. The van der Waals surface area contributed by atoms with E-state index in [4.69, 9.17) is 0 Å². The van der Waals surface area contributed by atoms with Gasteiger partial charge in [-0.2, -0.15) is 13.2 Å². The highest BCUT2D eigenvalue weighted by Crippen LogP contribution is 2.36. The summed E-state index contributed by atoms with van der Waals surface area (Å²) in [6, 6.07) is 2.65. The summed E-state index contributed by atoms with van der Waals surface area (Å²) in [7, 11) is 0. The van der Waals surface area contributed by atoms with Crippen LogP contribution < -0.4 is 0 Å². The van der Waals surface area contributed by atoms with Crippen molar-refractivity contribution in [2.45, 2.75) is 25.9 Å². The van der Waals surface area contributed by atoms with Gasteiger partial charge in [0.15, 0.2) is 0 Å². The third-order valence-corrected chi connectivity index (χ3v) is 2.88. The maximum absolute atomic E-state index is 12.8. The van der Waals surface area contributed by atoms with Gasteiger partial charge in [-0.15, -0.1) is 0 Å². The van der Waals surface area contributed by atoms with E-state index in [2.05, 4.69) is 25.9 Å². The Labute approximate surface area is 104 Å². The summed E-state index contributed by atoms with van der Waals surface area (Å²) in [5.41, 5.74) is -0.343. The molecule has 0 spiro atoms. The van der Waals surface area contributed by atoms with E-state index in [-0.39, 0.29) is 11.4 Å². The standard InChI is InChI=1S/C11H10BrF3N2/c1-5(2)10-16-8-4-6(12)3-7(9(8)17-10)11(13,14)15/h3-5H,1-2H3,(H,16,17). The molecule has 1 aromatic heterocycles. The highest BCUT2D eigenvalue weighted by atomic mass is 79.9. The van der Waals surface area contributed by atoms with Crippen LogP contribution >= 0.6 is 15.9 Å². The molecule has 0 atom stereocenters. The fraction of sp³-hybridized carbons (Fsp3) is 0.364. The van der Waals surface area contributed by atoms with Gasteiger partial charge in [0, 0.05) is 10.4 Å². The van der Waals surface area contributed by atoms with Crippen molar-refractivity contribution in [3.05, 3.63) is 28.0 Å². The van der Waals surface area contributed by atoms with Crippen LogP contribution in [0.5, 0.6) is 0 Å². The van der Waals surface area contributed by atoms with E-state index in [1.807, 2.05) is 13.8 Å². The summed E-state index contributed by atoms with van der Waals surface area (Å²) in [5.74, 6) is 0.617. The molecule has 0 amide bonds. The minimum absolute atomic E-state index is 0.0237. The summed E-state index contributed by atoms with van der Waals surface area (Å²) in [5, 5.41) is 0. The molecular formula is C11H10BrF3N2. The molecule has 0 unspecified atom stereocenters. The fourth-order valence-corrected chi connectivity index (χ4v) is 2.05. The highest BCUT2D eigenvalue weighted by molar-refractivity contribution is 9.10. The second-order valence-corrected chi connectivity index (χ2v) is 5.04. The molecule has 0 saturated carbocycles. The molecule has 1 aromatic carbocycles. The minimum atomic E-state index is -4.40. The van der Waals surface area contributed by atoms with Gasteiger partial charge in [-0.05, 0) is 12.1 Å². The van der Waals surface area contributed by atoms with Crippen molar-refractivity contribution in [2.75, 3.05) is 0 Å². The Morgan fingerprint density at radius 3 is 2.47 bits per heavy atom. The van der Waals surface area contributed by atoms with Gasteiger partial charge in [0.25, 0.3) is 0 Å². The van der Waals surface area contributed by atoms with Gasteiger partial charge in [0.05, 0.1) is 11.1 Å². The zero-order valence-electron chi connectivity index (χ0n) is 9.19. The van der Waals surface area contributed by atoms with E-state index in [9.17, 15) is 13.2 Å². The number of benzene rings is 1. The van der Waals surface area contributed by atoms with Crippen molar-refractivity contribution in [3.8, 4) is 0 Å². The number of alkyl halides is 3. The predicted molar refractivity (Wildman–Crippen MR) is 62.9 cm³/mol. The van der Waals surface area contributed by atoms with E-state index in [1.165, 1.54) is 0 Å². The molecule has 1 N–H and O–H groups in total. The lowest BCUT2D eigenvalue weighted by Gasteiger charge is -2.07. The number of aromatic nitrogens is 2. The van der Waals surface area contributed by atoms with Gasteiger partial charge >= 0.3 is 6.18 Å². The molecule has 6 heteroatoms. The van der Waals surface area contributed by atoms with Gasteiger partial charge in [0.1, 0.15) is 11.3 Å². The third-order valence-electron chi connectivity index (χ3n) is 2.42. The van der Waals surface area contributed by atoms with Crippen LogP contribution in [0.3, 0.4) is 0 Å². The Bertz CT molecular complexity index is 558. The van der Waals surface area contributed by atoms with Crippen LogP contribution in [0.15, 0.2) is 16.6 Å². The van der Waals surface area contributed by atoms with E-state index < -0.39 is 11.7 Å². The second-order valence-electron chi connectivity index (χ2n) is 4.12. The molecule has 0 aliphatic rings. The molecule has 1 heterocycles. The molecule has 92 valence electrons. The maximum atomic E-state index is 12.8. The Kier molecular flexibility index (Phi) is 2.93. The van der Waals surface area contributed by atoms with E-state index in [0.29, 0.717) is 15.8 Å². The highest BCUT2D eigenvalue weighted by Gasteiger charge is 2.34. The van der Waals surface area contributed by atoms with Gasteiger partial charge in [-0.1, -0.05) is 29.8 Å². The SMILES string of the molecule is CC(C)c1nc2c(C(F)(F)F)cc(Br)cc2[nH]1. The first-order chi connectivity index (χ1) is 7.79. The van der Waals surface area contributed by atoms with Crippen LogP contribution in [-0.2, 0) is 6.18 Å². The van der Waals surface area contributed by atoms with Crippen LogP contribution in [0.25, 0.3) is 11.0 Å². The first-order valence-corrected chi connectivity index (χ1v) is 5.84. The Hall–Kier alpha value is -1.04. The van der Waals surface area contributed by atoms with Gasteiger partial charge in [0.2, 0.25) is 0 Å². The molecule has 0 saturated heterocycles. The lowest BCUT2D eigenvalue weighted by molar-refractivity contribution is -0.136. The van der Waals surface area contributed by atoms with E-state index >= 15 is 0 Å². The predicted octanol–water partition coefficient (Wildman–Crippen LogP) is 4.47. The molecule has 0 radical (unpaired) electrons. The Morgan fingerprint density at radius 1 is 1.29 bits per heavy atom. The topological polar surface area (TPSA) is 28.7 Å². The molecule has 2 nitrogen and oxygen atoms in total. The lowest BCUT2D eigenvalue weighted by atomic mass is 10.2. The molecule has 2 aromatic rings. The number of hydrogen-bond acceptors (Lipinski definition) is 1. The quantitative estimate of drug-likeness (QED) is 0.827. The smallest absolute Gasteiger partial charge is 0.342 e. The van der Waals surface area contributed by atoms with Crippen molar-refractivity contribution in [2.24, 2.45) is 0 Å². The van der Waals surface area contributed by atoms with Crippen molar-refractivity contribution >= 4 is 27.0 Å². The molecule has 17 heavy (non-hydrogen) atoms. The maximum Gasteiger partial charge on any atom is 0.418 e. The van der Waals surface area contributed by atoms with E-state index in [1.54, 1.807) is 6.07 Å². The second kappa shape index (κ2) is 4.01. The molecule has 0 aliphatic carbocycles. The van der Waals surface area contributed by atoms with Crippen molar-refractivity contribution in [1.82, 2.24) is 9.97 Å². The number of fused-ring (bicyclic) bond motifs is 1. The molecule has 2 rings (SSSR count). The van der Waals surface area contributed by atoms with Gasteiger partial charge in [-0.3, -0.25) is 0 Å². The third kappa shape index (κ3) is 2.31. The number of aromatic amines is 1. The lowest BCUT2D eigenvalue weighted by Crippen LogP contribution is -2.06. The number of H-pyrrole nitrogens is 1. The number of rotatable bonds is 1. The van der Waals surface area contributed by atoms with Crippen molar-refractivity contribution < 1.29 is 13.2 Å². The number of imidazole rings is 1. The summed E-state index contributed by atoms with van der Waals surface area (Å²) in [6.45, 7) is 3.75. The summed E-state index contributed by atoms with van der Waals surface area (Å²) in [4.78, 5) is 6.93. The number of hydrogen-bond donors (Lipinski definition) is 1.